The van der Waals surface area contributed by atoms with Crippen molar-refractivity contribution in [3.63, 3.8) is 0 Å². The van der Waals surface area contributed by atoms with E-state index in [4.69, 9.17) is 12.2 Å². The molecule has 140 valence electrons. The standard InChI is InChI=1S/C17H25N7OS/c1-12-9-13(2)24-16(18-12)20-23(17(24)26)11-22-7-5-21(6-8-22)10-15(25)19-14-3-4-14/h9,14H,3-8,10-11H2,1-2H3,(H,19,25)/p+2. The van der Waals surface area contributed by atoms with E-state index in [0.717, 1.165) is 57.1 Å². The minimum atomic E-state index is 0.199. The first kappa shape index (κ1) is 17.6. The van der Waals surface area contributed by atoms with Crippen molar-refractivity contribution in [3.8, 4) is 0 Å². The van der Waals surface area contributed by atoms with Gasteiger partial charge in [0, 0.05) is 17.4 Å². The molecule has 0 unspecified atom stereocenters. The SMILES string of the molecule is Cc1cc(C)n2c(=S)n(C[NH+]3CC[NH+](CC(=O)NC4CC4)CC3)nc2n1. The lowest BCUT2D eigenvalue weighted by molar-refractivity contribution is -1.02. The van der Waals surface area contributed by atoms with E-state index in [2.05, 4.69) is 15.4 Å². The summed E-state index contributed by atoms with van der Waals surface area (Å²) in [6.45, 7) is 9.41. The number of piperazine rings is 1. The zero-order valence-electron chi connectivity index (χ0n) is 15.4. The molecule has 2 aliphatic rings. The number of nitrogens with one attached hydrogen (secondary N) is 3. The molecule has 9 heteroatoms. The summed E-state index contributed by atoms with van der Waals surface area (Å²) >= 11 is 5.60. The summed E-state index contributed by atoms with van der Waals surface area (Å²) in [4.78, 5) is 19.3. The van der Waals surface area contributed by atoms with E-state index in [0.29, 0.717) is 23.1 Å². The second kappa shape index (κ2) is 7.05. The van der Waals surface area contributed by atoms with Crippen molar-refractivity contribution in [1.82, 2.24) is 24.5 Å². The molecule has 1 aliphatic heterocycles. The van der Waals surface area contributed by atoms with Gasteiger partial charge in [-0.25, -0.2) is 4.98 Å². The van der Waals surface area contributed by atoms with E-state index in [1.165, 1.54) is 9.80 Å². The van der Waals surface area contributed by atoms with E-state index < -0.39 is 0 Å². The Labute approximate surface area is 157 Å². The lowest BCUT2D eigenvalue weighted by Crippen LogP contribution is -3.28. The van der Waals surface area contributed by atoms with Gasteiger partial charge >= 0.3 is 0 Å². The summed E-state index contributed by atoms with van der Waals surface area (Å²) in [6, 6.07) is 2.47. The Balaban J connectivity index is 1.36. The molecule has 0 aromatic carbocycles. The van der Waals surface area contributed by atoms with Crippen LogP contribution < -0.4 is 15.1 Å². The maximum Gasteiger partial charge on any atom is 0.275 e. The number of aromatic nitrogens is 4. The third kappa shape index (κ3) is 3.79. The Hall–Kier alpha value is -1.84. The molecule has 0 spiro atoms. The monoisotopic (exact) mass is 377 g/mol. The van der Waals surface area contributed by atoms with Crippen molar-refractivity contribution in [2.45, 2.75) is 39.4 Å². The average molecular weight is 378 g/mol. The topological polar surface area (TPSA) is 73.1 Å². The number of quaternary nitrogens is 2. The first-order valence-electron chi connectivity index (χ1n) is 9.40. The Kier molecular flexibility index (Phi) is 4.76. The van der Waals surface area contributed by atoms with Crippen molar-refractivity contribution >= 4 is 23.9 Å². The highest BCUT2D eigenvalue weighted by molar-refractivity contribution is 7.71. The van der Waals surface area contributed by atoms with Crippen LogP contribution in [0.1, 0.15) is 24.2 Å². The van der Waals surface area contributed by atoms with Crippen LogP contribution >= 0.6 is 12.2 Å². The number of carbonyl (C=O) groups is 1. The van der Waals surface area contributed by atoms with Crippen LogP contribution in [0.2, 0.25) is 0 Å². The minimum absolute atomic E-state index is 0.199. The van der Waals surface area contributed by atoms with Gasteiger partial charge in [-0.1, -0.05) is 0 Å². The van der Waals surface area contributed by atoms with Gasteiger partial charge in [0.25, 0.3) is 11.7 Å². The third-order valence-electron chi connectivity index (χ3n) is 5.26. The summed E-state index contributed by atoms with van der Waals surface area (Å²) in [5, 5.41) is 7.69. The molecule has 4 rings (SSSR count). The van der Waals surface area contributed by atoms with Crippen LogP contribution in [0.3, 0.4) is 0 Å². The van der Waals surface area contributed by atoms with Crippen LogP contribution in [-0.2, 0) is 11.5 Å². The van der Waals surface area contributed by atoms with Gasteiger partial charge in [0.05, 0.1) is 0 Å². The van der Waals surface area contributed by atoms with Gasteiger partial charge in [0.1, 0.15) is 26.2 Å². The zero-order valence-corrected chi connectivity index (χ0v) is 16.2. The molecule has 1 aliphatic carbocycles. The number of amides is 1. The molecule has 2 aromatic heterocycles. The van der Waals surface area contributed by atoms with Gasteiger partial charge in [-0.2, -0.15) is 4.68 Å². The minimum Gasteiger partial charge on any atom is -0.348 e. The first-order chi connectivity index (χ1) is 12.5. The Morgan fingerprint density at radius 2 is 1.96 bits per heavy atom. The van der Waals surface area contributed by atoms with E-state index in [-0.39, 0.29) is 5.91 Å². The van der Waals surface area contributed by atoms with Crippen molar-refractivity contribution in [1.29, 1.82) is 0 Å². The molecule has 26 heavy (non-hydrogen) atoms. The molecule has 2 fully saturated rings. The summed E-state index contributed by atoms with van der Waals surface area (Å²) < 4.78 is 4.53. The Morgan fingerprint density at radius 3 is 2.65 bits per heavy atom. The highest BCUT2D eigenvalue weighted by Gasteiger charge is 2.28. The van der Waals surface area contributed by atoms with Crippen molar-refractivity contribution < 1.29 is 14.6 Å². The zero-order chi connectivity index (χ0) is 18.3. The fourth-order valence-corrected chi connectivity index (χ4v) is 4.01. The van der Waals surface area contributed by atoms with E-state index in [1.807, 2.05) is 29.0 Å². The normalized spacial score (nSPS) is 23.3. The fourth-order valence-electron chi connectivity index (χ4n) is 3.67. The lowest BCUT2D eigenvalue weighted by Gasteiger charge is -2.29. The number of carbonyl (C=O) groups excluding carboxylic acids is 1. The van der Waals surface area contributed by atoms with Crippen molar-refractivity contribution in [3.05, 3.63) is 22.2 Å². The molecule has 3 heterocycles. The predicted molar refractivity (Wildman–Crippen MR) is 98.7 cm³/mol. The number of fused-ring (bicyclic) bond motifs is 1. The van der Waals surface area contributed by atoms with Crippen LogP contribution in [0.15, 0.2) is 6.07 Å². The lowest BCUT2D eigenvalue weighted by atomic mass is 10.3. The van der Waals surface area contributed by atoms with Gasteiger partial charge < -0.3 is 15.1 Å². The van der Waals surface area contributed by atoms with Crippen LogP contribution in [0, 0.1) is 18.6 Å². The average Bonchev–Trinajstić information content (AvgIpc) is 3.33. The van der Waals surface area contributed by atoms with Crippen LogP contribution in [0.25, 0.3) is 5.78 Å². The second-order valence-corrected chi connectivity index (χ2v) is 8.00. The highest BCUT2D eigenvalue weighted by Crippen LogP contribution is 2.17. The smallest absolute Gasteiger partial charge is 0.275 e. The molecular weight excluding hydrogens is 350 g/mol. The van der Waals surface area contributed by atoms with Gasteiger partial charge in [-0.15, -0.1) is 5.10 Å². The Bertz CT molecular complexity index is 877. The number of hydrogen-bond acceptors (Lipinski definition) is 4. The third-order valence-corrected chi connectivity index (χ3v) is 5.65. The van der Waals surface area contributed by atoms with Crippen molar-refractivity contribution in [2.75, 3.05) is 32.7 Å². The maximum atomic E-state index is 12.0. The number of rotatable bonds is 5. The molecular formula is C17H27N7OS+2. The number of hydrogen-bond donors (Lipinski definition) is 3. The summed E-state index contributed by atoms with van der Waals surface area (Å²) in [5.74, 6) is 0.873. The quantitative estimate of drug-likeness (QED) is 0.522. The molecule has 1 saturated heterocycles. The Morgan fingerprint density at radius 1 is 1.27 bits per heavy atom. The van der Waals surface area contributed by atoms with Gasteiger partial charge in [0.15, 0.2) is 13.2 Å². The number of nitrogens with zero attached hydrogens (tertiary/aromatic N) is 4. The first-order valence-corrected chi connectivity index (χ1v) is 9.81. The van der Waals surface area contributed by atoms with Crippen LogP contribution in [0.4, 0.5) is 0 Å². The highest BCUT2D eigenvalue weighted by atomic mass is 32.1. The summed E-state index contributed by atoms with van der Waals surface area (Å²) in [7, 11) is 0. The molecule has 1 saturated carbocycles. The second-order valence-electron chi connectivity index (χ2n) is 7.63. The molecule has 0 bridgehead atoms. The van der Waals surface area contributed by atoms with Crippen LogP contribution in [0.5, 0.6) is 0 Å². The van der Waals surface area contributed by atoms with Crippen LogP contribution in [-0.4, -0.2) is 63.8 Å². The number of aryl methyl sites for hydroxylation is 2. The van der Waals surface area contributed by atoms with Gasteiger partial charge in [-0.05, 0) is 45.0 Å². The molecule has 8 nitrogen and oxygen atoms in total. The van der Waals surface area contributed by atoms with E-state index in [9.17, 15) is 4.79 Å². The summed E-state index contributed by atoms with van der Waals surface area (Å²) in [6.07, 6.45) is 2.29. The van der Waals surface area contributed by atoms with Gasteiger partial charge in [0.2, 0.25) is 4.77 Å². The molecule has 1 amide bonds. The molecule has 0 radical (unpaired) electrons. The largest absolute Gasteiger partial charge is 0.348 e. The van der Waals surface area contributed by atoms with E-state index >= 15 is 0 Å². The predicted octanol–water partition coefficient (Wildman–Crippen LogP) is -2.10. The fraction of sp³-hybridized carbons (Fsp3) is 0.647. The van der Waals surface area contributed by atoms with Gasteiger partial charge in [-0.3, -0.25) is 9.20 Å². The molecule has 0 atom stereocenters. The van der Waals surface area contributed by atoms with Crippen molar-refractivity contribution in [2.24, 2.45) is 0 Å². The molecule has 2 aromatic rings. The molecule has 3 N–H and O–H groups in total. The maximum absolute atomic E-state index is 12.0. The van der Waals surface area contributed by atoms with E-state index in [1.54, 1.807) is 0 Å². The summed E-state index contributed by atoms with van der Waals surface area (Å²) in [5.41, 5.74) is 2.02.